The van der Waals surface area contributed by atoms with Gasteiger partial charge >= 0.3 is 5.97 Å². The number of ether oxygens (including phenoxy) is 1. The second-order valence-electron chi connectivity index (χ2n) is 5.98. The quantitative estimate of drug-likeness (QED) is 0.750. The van der Waals surface area contributed by atoms with Crippen LogP contribution in [0.1, 0.15) is 45.5 Å². The van der Waals surface area contributed by atoms with Gasteiger partial charge in [0.05, 0.1) is 12.1 Å². The van der Waals surface area contributed by atoms with E-state index in [1.165, 1.54) is 0 Å². The minimum atomic E-state index is -0.410. The van der Waals surface area contributed by atoms with Crippen LogP contribution in [0.5, 0.6) is 0 Å². The van der Waals surface area contributed by atoms with E-state index >= 15 is 0 Å². The summed E-state index contributed by atoms with van der Waals surface area (Å²) in [6.45, 7) is 12.1. The van der Waals surface area contributed by atoms with Gasteiger partial charge in [0.1, 0.15) is 5.60 Å². The molecule has 1 heterocycles. The molecular weight excluding hydrogens is 252 g/mol. The highest BCUT2D eigenvalue weighted by molar-refractivity contribution is 5.70. The van der Waals surface area contributed by atoms with E-state index in [9.17, 15) is 4.79 Å². The minimum absolute atomic E-state index is 0.145. The van der Waals surface area contributed by atoms with Gasteiger partial charge in [-0.1, -0.05) is 13.0 Å². The first-order chi connectivity index (χ1) is 9.30. The highest BCUT2D eigenvalue weighted by Gasteiger charge is 2.17. The maximum atomic E-state index is 11.7. The van der Waals surface area contributed by atoms with Crippen LogP contribution < -0.4 is 0 Å². The Hall–Kier alpha value is -1.42. The van der Waals surface area contributed by atoms with Crippen LogP contribution in [0.15, 0.2) is 18.2 Å². The Morgan fingerprint density at radius 2 is 2.05 bits per heavy atom. The zero-order valence-corrected chi connectivity index (χ0v) is 13.3. The number of hydrogen-bond acceptors (Lipinski definition) is 4. The molecule has 4 heteroatoms. The van der Waals surface area contributed by atoms with E-state index in [2.05, 4.69) is 16.8 Å². The number of rotatable bonds is 6. The molecule has 0 aliphatic rings. The number of carbonyl (C=O) groups excluding carboxylic acids is 1. The molecule has 0 saturated heterocycles. The molecule has 0 saturated carbocycles. The molecule has 0 N–H and O–H groups in total. The molecule has 4 nitrogen and oxygen atoms in total. The zero-order chi connectivity index (χ0) is 15.2. The van der Waals surface area contributed by atoms with E-state index < -0.39 is 5.60 Å². The van der Waals surface area contributed by atoms with Gasteiger partial charge in [0.25, 0.3) is 0 Å². The topological polar surface area (TPSA) is 42.4 Å². The molecule has 20 heavy (non-hydrogen) atoms. The van der Waals surface area contributed by atoms with E-state index in [4.69, 9.17) is 4.74 Å². The third-order valence-corrected chi connectivity index (χ3v) is 2.83. The lowest BCUT2D eigenvalue weighted by molar-refractivity contribution is -0.155. The van der Waals surface area contributed by atoms with Gasteiger partial charge in [0.2, 0.25) is 0 Å². The van der Waals surface area contributed by atoms with E-state index in [0.29, 0.717) is 13.0 Å². The van der Waals surface area contributed by atoms with E-state index in [0.717, 1.165) is 24.5 Å². The van der Waals surface area contributed by atoms with Crippen LogP contribution >= 0.6 is 0 Å². The average Bonchev–Trinajstić information content (AvgIpc) is 2.32. The van der Waals surface area contributed by atoms with Gasteiger partial charge in [0, 0.05) is 18.8 Å². The summed E-state index contributed by atoms with van der Waals surface area (Å²) in [4.78, 5) is 18.4. The van der Waals surface area contributed by atoms with Gasteiger partial charge < -0.3 is 4.74 Å². The number of nitrogens with zero attached hydrogens (tertiary/aromatic N) is 2. The zero-order valence-electron chi connectivity index (χ0n) is 13.3. The normalized spacial score (nSPS) is 11.7. The first-order valence-electron chi connectivity index (χ1n) is 7.17. The molecule has 0 aliphatic carbocycles. The van der Waals surface area contributed by atoms with Gasteiger partial charge in [-0.2, -0.15) is 0 Å². The molecule has 0 unspecified atom stereocenters. The van der Waals surface area contributed by atoms with Crippen LogP contribution in [0.4, 0.5) is 0 Å². The number of hydrogen-bond donors (Lipinski definition) is 0. The molecular formula is C16H26N2O2. The number of pyridine rings is 1. The number of aryl methyl sites for hydroxylation is 1. The molecule has 0 bridgehead atoms. The van der Waals surface area contributed by atoms with Gasteiger partial charge in [-0.15, -0.1) is 0 Å². The fourth-order valence-electron chi connectivity index (χ4n) is 1.91. The monoisotopic (exact) mass is 278 g/mol. The molecule has 1 aromatic heterocycles. The van der Waals surface area contributed by atoms with Gasteiger partial charge in [-0.3, -0.25) is 14.7 Å². The molecule has 1 aromatic rings. The minimum Gasteiger partial charge on any atom is -0.460 e. The molecule has 0 fully saturated rings. The van der Waals surface area contributed by atoms with Crippen molar-refractivity contribution in [2.45, 2.75) is 53.2 Å². The summed E-state index contributed by atoms with van der Waals surface area (Å²) in [6, 6.07) is 6.02. The smallest absolute Gasteiger partial charge is 0.307 e. The predicted molar refractivity (Wildman–Crippen MR) is 80.4 cm³/mol. The Labute approximate surface area is 122 Å². The van der Waals surface area contributed by atoms with Crippen LogP contribution in [0, 0.1) is 6.92 Å². The summed E-state index contributed by atoms with van der Waals surface area (Å²) in [5.41, 5.74) is 1.65. The number of aromatic nitrogens is 1. The Kier molecular flexibility index (Phi) is 6.14. The summed E-state index contributed by atoms with van der Waals surface area (Å²) in [5.74, 6) is -0.145. The summed E-state index contributed by atoms with van der Waals surface area (Å²) in [7, 11) is 0. The molecule has 0 atom stereocenters. The van der Waals surface area contributed by atoms with Crippen molar-refractivity contribution in [1.29, 1.82) is 0 Å². The molecule has 0 aromatic carbocycles. The lowest BCUT2D eigenvalue weighted by Crippen LogP contribution is -2.29. The second-order valence-corrected chi connectivity index (χ2v) is 5.98. The van der Waals surface area contributed by atoms with E-state index in [-0.39, 0.29) is 5.97 Å². The summed E-state index contributed by atoms with van der Waals surface area (Å²) in [5, 5.41) is 0. The van der Waals surface area contributed by atoms with Gasteiger partial charge in [-0.05, 0) is 46.4 Å². The highest BCUT2D eigenvalue weighted by atomic mass is 16.6. The first-order valence-corrected chi connectivity index (χ1v) is 7.17. The van der Waals surface area contributed by atoms with Crippen LogP contribution in [-0.2, 0) is 16.1 Å². The average molecular weight is 278 g/mol. The summed E-state index contributed by atoms with van der Waals surface area (Å²) in [6.07, 6.45) is 0.414. The molecule has 0 spiro atoms. The largest absolute Gasteiger partial charge is 0.460 e. The van der Waals surface area contributed by atoms with Gasteiger partial charge in [0.15, 0.2) is 0 Å². The molecule has 0 amide bonds. The van der Waals surface area contributed by atoms with Crippen molar-refractivity contribution in [1.82, 2.24) is 9.88 Å². The summed E-state index contributed by atoms with van der Waals surface area (Å²) >= 11 is 0. The Morgan fingerprint density at radius 3 is 2.60 bits per heavy atom. The third-order valence-electron chi connectivity index (χ3n) is 2.83. The maximum Gasteiger partial charge on any atom is 0.307 e. The van der Waals surface area contributed by atoms with Crippen molar-refractivity contribution < 1.29 is 9.53 Å². The summed E-state index contributed by atoms with van der Waals surface area (Å²) < 4.78 is 5.32. The lowest BCUT2D eigenvalue weighted by Gasteiger charge is -2.22. The second kappa shape index (κ2) is 7.39. The van der Waals surface area contributed by atoms with Crippen molar-refractivity contribution in [2.24, 2.45) is 0 Å². The van der Waals surface area contributed by atoms with Crippen molar-refractivity contribution in [2.75, 3.05) is 13.1 Å². The third kappa shape index (κ3) is 6.66. The SMILES string of the molecule is CCN(CCC(=O)OC(C)(C)C)Cc1cccc(C)n1. The van der Waals surface area contributed by atoms with Crippen molar-refractivity contribution in [3.8, 4) is 0 Å². The first kappa shape index (κ1) is 16.6. The van der Waals surface area contributed by atoms with Crippen LogP contribution in [0.3, 0.4) is 0 Å². The molecule has 112 valence electrons. The molecule has 1 rings (SSSR count). The lowest BCUT2D eigenvalue weighted by atomic mass is 10.2. The Morgan fingerprint density at radius 1 is 1.35 bits per heavy atom. The molecule has 0 radical (unpaired) electrons. The number of carbonyl (C=O) groups is 1. The van der Waals surface area contributed by atoms with Crippen molar-refractivity contribution in [3.63, 3.8) is 0 Å². The Balaban J connectivity index is 2.46. The Bertz CT molecular complexity index is 438. The van der Waals surface area contributed by atoms with E-state index in [1.807, 2.05) is 45.9 Å². The maximum absolute atomic E-state index is 11.7. The fraction of sp³-hybridized carbons (Fsp3) is 0.625. The van der Waals surface area contributed by atoms with Crippen LogP contribution in [0.2, 0.25) is 0 Å². The standard InChI is InChI=1S/C16H26N2O2/c1-6-18(11-10-15(19)20-16(3,4)5)12-14-9-7-8-13(2)17-14/h7-9H,6,10-12H2,1-5H3. The highest BCUT2D eigenvalue weighted by Crippen LogP contribution is 2.09. The van der Waals surface area contributed by atoms with Crippen molar-refractivity contribution in [3.05, 3.63) is 29.6 Å². The van der Waals surface area contributed by atoms with Crippen LogP contribution in [-0.4, -0.2) is 34.5 Å². The molecule has 0 aliphatic heterocycles. The van der Waals surface area contributed by atoms with Gasteiger partial charge in [-0.25, -0.2) is 0 Å². The number of esters is 1. The van der Waals surface area contributed by atoms with Crippen LogP contribution in [0.25, 0.3) is 0 Å². The van der Waals surface area contributed by atoms with E-state index in [1.54, 1.807) is 0 Å². The van der Waals surface area contributed by atoms with Crippen molar-refractivity contribution >= 4 is 5.97 Å². The fourth-order valence-corrected chi connectivity index (χ4v) is 1.91. The predicted octanol–water partition coefficient (Wildman–Crippen LogP) is 2.94.